The monoisotopic (exact) mass is 455 g/mol. The molecule has 5 rings (SSSR count). The number of aromatic amines is 1. The molecule has 4 N–H and O–H groups in total. The van der Waals surface area contributed by atoms with Gasteiger partial charge in [0.15, 0.2) is 0 Å². The fourth-order valence-electron chi connectivity index (χ4n) is 4.67. The number of halogens is 1. The third kappa shape index (κ3) is 3.95. The van der Waals surface area contributed by atoms with Crippen LogP contribution in [0.15, 0.2) is 42.6 Å². The molecular weight excluding hydrogens is 429 g/mol. The van der Waals surface area contributed by atoms with Crippen LogP contribution in [-0.4, -0.2) is 41.1 Å². The number of fused-ring (bicyclic) bond motifs is 1. The quantitative estimate of drug-likeness (QED) is 0.416. The number of nitrogens with zero attached hydrogens (tertiary/aromatic N) is 4. The fourth-order valence-corrected chi connectivity index (χ4v) is 4.67. The van der Waals surface area contributed by atoms with Gasteiger partial charge >= 0.3 is 0 Å². The number of hydrogen-bond donors (Lipinski definition) is 3. The highest BCUT2D eigenvalue weighted by molar-refractivity contribution is 5.96. The molecule has 1 aliphatic rings. The number of nitrogens with two attached hydrogens (primary N) is 1. The Morgan fingerprint density at radius 3 is 2.71 bits per heavy atom. The van der Waals surface area contributed by atoms with E-state index >= 15 is 0 Å². The molecule has 1 saturated heterocycles. The average Bonchev–Trinajstić information content (AvgIpc) is 3.26. The Bertz CT molecular complexity index is 1390. The molecule has 3 heterocycles. The number of H-pyrrole nitrogens is 1. The van der Waals surface area contributed by atoms with Crippen molar-refractivity contribution < 1.29 is 4.39 Å². The van der Waals surface area contributed by atoms with Crippen molar-refractivity contribution in [2.75, 3.05) is 30.4 Å². The van der Waals surface area contributed by atoms with E-state index in [1.165, 1.54) is 6.07 Å². The van der Waals surface area contributed by atoms with Crippen LogP contribution in [0.5, 0.6) is 0 Å². The van der Waals surface area contributed by atoms with Crippen LogP contribution >= 0.6 is 0 Å². The van der Waals surface area contributed by atoms with E-state index in [1.54, 1.807) is 24.4 Å². The van der Waals surface area contributed by atoms with E-state index in [0.717, 1.165) is 64.9 Å². The molecular formula is C26H26FN7. The molecule has 0 atom stereocenters. The van der Waals surface area contributed by atoms with Crippen LogP contribution in [0.4, 0.5) is 15.9 Å². The molecule has 0 radical (unpaired) electrons. The Hall–Kier alpha value is -3.96. The first kappa shape index (κ1) is 21.9. The third-order valence-electron chi connectivity index (χ3n) is 6.35. The van der Waals surface area contributed by atoms with E-state index in [1.807, 2.05) is 26.1 Å². The first-order chi connectivity index (χ1) is 16.5. The van der Waals surface area contributed by atoms with Crippen LogP contribution < -0.4 is 16.0 Å². The molecule has 7 nitrogen and oxygen atoms in total. The van der Waals surface area contributed by atoms with Crippen molar-refractivity contribution in [3.05, 3.63) is 59.5 Å². The van der Waals surface area contributed by atoms with E-state index in [4.69, 9.17) is 10.7 Å². The molecule has 0 aliphatic carbocycles. The predicted molar refractivity (Wildman–Crippen MR) is 133 cm³/mol. The number of rotatable bonds is 4. The van der Waals surface area contributed by atoms with Crippen LogP contribution in [0.25, 0.3) is 33.5 Å². The van der Waals surface area contributed by atoms with Crippen molar-refractivity contribution in [1.82, 2.24) is 15.0 Å². The van der Waals surface area contributed by atoms with Crippen molar-refractivity contribution in [1.29, 1.82) is 5.26 Å². The molecule has 0 saturated carbocycles. The number of nitrogens with one attached hydrogen (secondary N) is 2. The van der Waals surface area contributed by atoms with E-state index in [-0.39, 0.29) is 11.9 Å². The minimum absolute atomic E-state index is 0.167. The number of aromatic nitrogens is 3. The van der Waals surface area contributed by atoms with Gasteiger partial charge in [0, 0.05) is 37.9 Å². The predicted octanol–water partition coefficient (Wildman–Crippen LogP) is 4.58. The van der Waals surface area contributed by atoms with Gasteiger partial charge in [0.25, 0.3) is 0 Å². The summed E-state index contributed by atoms with van der Waals surface area (Å²) in [6, 6.07) is 12.8. The smallest absolute Gasteiger partial charge is 0.144 e. The SMILES string of the molecule is CNc1ncc(-c2cc(C)cc(F)c2)c(N2CCC(N)CC2)c1-c1nc2ccc(C#N)cc2[nH]1. The van der Waals surface area contributed by atoms with Crippen molar-refractivity contribution >= 4 is 22.5 Å². The van der Waals surface area contributed by atoms with Crippen molar-refractivity contribution in [2.24, 2.45) is 5.73 Å². The highest BCUT2D eigenvalue weighted by Crippen LogP contribution is 2.43. The van der Waals surface area contributed by atoms with Crippen LogP contribution in [0.1, 0.15) is 24.0 Å². The van der Waals surface area contributed by atoms with Gasteiger partial charge in [-0.1, -0.05) is 6.07 Å². The maximum Gasteiger partial charge on any atom is 0.144 e. The lowest BCUT2D eigenvalue weighted by Crippen LogP contribution is -2.40. The fraction of sp³-hybridized carbons (Fsp3) is 0.269. The molecule has 172 valence electrons. The second kappa shape index (κ2) is 8.76. The van der Waals surface area contributed by atoms with E-state index in [2.05, 4.69) is 26.3 Å². The zero-order valence-electron chi connectivity index (χ0n) is 19.2. The Kier molecular flexibility index (Phi) is 5.64. The molecule has 1 fully saturated rings. The first-order valence-electron chi connectivity index (χ1n) is 11.4. The second-order valence-corrected chi connectivity index (χ2v) is 8.76. The lowest BCUT2D eigenvalue weighted by atomic mass is 9.96. The van der Waals surface area contributed by atoms with Gasteiger partial charge in [0.1, 0.15) is 17.5 Å². The lowest BCUT2D eigenvalue weighted by Gasteiger charge is -2.35. The van der Waals surface area contributed by atoms with Crippen LogP contribution in [0.3, 0.4) is 0 Å². The number of benzene rings is 2. The van der Waals surface area contributed by atoms with Crippen molar-refractivity contribution in [3.8, 4) is 28.6 Å². The summed E-state index contributed by atoms with van der Waals surface area (Å²) in [6.07, 6.45) is 3.53. The lowest BCUT2D eigenvalue weighted by molar-refractivity contribution is 0.501. The summed E-state index contributed by atoms with van der Waals surface area (Å²) in [6.45, 7) is 3.44. The number of aryl methyl sites for hydroxylation is 1. The normalized spacial score (nSPS) is 14.4. The van der Waals surface area contributed by atoms with Gasteiger partial charge in [-0.15, -0.1) is 0 Å². The van der Waals surface area contributed by atoms with Crippen molar-refractivity contribution in [2.45, 2.75) is 25.8 Å². The standard InChI is InChI=1S/C26H26FN7/c1-15-9-17(12-18(27)10-15)20-14-31-25(30-2)23(24(20)34-7-5-19(29)6-8-34)26-32-21-4-3-16(13-28)11-22(21)33-26/h3-4,9-12,14,19H,5-8,29H2,1-2H3,(H,30,31)(H,32,33). The Balaban J connectivity index is 1.78. The Labute approximate surface area is 197 Å². The molecule has 0 spiro atoms. The topological polar surface area (TPSA) is 107 Å². The first-order valence-corrected chi connectivity index (χ1v) is 11.4. The number of imidazole rings is 1. The number of anilines is 2. The average molecular weight is 456 g/mol. The molecule has 0 amide bonds. The van der Waals surface area contributed by atoms with Crippen LogP contribution in [0.2, 0.25) is 0 Å². The Morgan fingerprint density at radius 2 is 2.00 bits per heavy atom. The van der Waals surface area contributed by atoms with Gasteiger partial charge in [-0.2, -0.15) is 5.26 Å². The zero-order valence-corrected chi connectivity index (χ0v) is 19.2. The molecule has 2 aromatic carbocycles. The summed E-state index contributed by atoms with van der Waals surface area (Å²) >= 11 is 0. The van der Waals surface area contributed by atoms with E-state index in [9.17, 15) is 9.65 Å². The molecule has 8 heteroatoms. The summed E-state index contributed by atoms with van der Waals surface area (Å²) in [5.41, 5.74) is 12.5. The van der Waals surface area contributed by atoms with Gasteiger partial charge in [0.2, 0.25) is 0 Å². The van der Waals surface area contributed by atoms with Gasteiger partial charge < -0.3 is 20.9 Å². The number of hydrogen-bond acceptors (Lipinski definition) is 6. The molecule has 34 heavy (non-hydrogen) atoms. The van der Waals surface area contributed by atoms with Crippen molar-refractivity contribution in [3.63, 3.8) is 0 Å². The highest BCUT2D eigenvalue weighted by atomic mass is 19.1. The second-order valence-electron chi connectivity index (χ2n) is 8.76. The summed E-state index contributed by atoms with van der Waals surface area (Å²) < 4.78 is 14.4. The van der Waals surface area contributed by atoms with Gasteiger partial charge in [0.05, 0.1) is 33.9 Å². The largest absolute Gasteiger partial charge is 0.372 e. The molecule has 0 bridgehead atoms. The van der Waals surface area contributed by atoms with Crippen LogP contribution in [0, 0.1) is 24.1 Å². The van der Waals surface area contributed by atoms with E-state index < -0.39 is 0 Å². The third-order valence-corrected chi connectivity index (χ3v) is 6.35. The number of pyridine rings is 1. The number of piperidine rings is 1. The maximum absolute atomic E-state index is 14.4. The maximum atomic E-state index is 14.4. The molecule has 4 aromatic rings. The number of nitriles is 1. The zero-order chi connectivity index (χ0) is 23.8. The van der Waals surface area contributed by atoms with Gasteiger partial charge in [-0.3, -0.25) is 0 Å². The summed E-state index contributed by atoms with van der Waals surface area (Å²) in [7, 11) is 1.82. The highest BCUT2D eigenvalue weighted by Gasteiger charge is 2.27. The summed E-state index contributed by atoms with van der Waals surface area (Å²) in [5, 5.41) is 12.5. The van der Waals surface area contributed by atoms with Gasteiger partial charge in [-0.25, -0.2) is 14.4 Å². The summed E-state index contributed by atoms with van der Waals surface area (Å²) in [4.78, 5) is 15.2. The summed E-state index contributed by atoms with van der Waals surface area (Å²) in [5.74, 6) is 1.02. The minimum atomic E-state index is -0.284. The minimum Gasteiger partial charge on any atom is -0.372 e. The molecule has 2 aromatic heterocycles. The van der Waals surface area contributed by atoms with E-state index in [0.29, 0.717) is 17.2 Å². The van der Waals surface area contributed by atoms with Crippen LogP contribution in [-0.2, 0) is 0 Å². The van der Waals surface area contributed by atoms with Gasteiger partial charge in [-0.05, 0) is 61.2 Å². The molecule has 0 unspecified atom stereocenters. The molecule has 1 aliphatic heterocycles. The Morgan fingerprint density at radius 1 is 1.21 bits per heavy atom.